The molecule has 4 heterocycles. The third kappa shape index (κ3) is 3.36. The average Bonchev–Trinajstić information content (AvgIpc) is 3.43. The first-order valence-electron chi connectivity index (χ1n) is 9.81. The molecule has 0 radical (unpaired) electrons. The lowest BCUT2D eigenvalue weighted by Crippen LogP contribution is -2.00. The zero-order chi connectivity index (χ0) is 20.6. The predicted molar refractivity (Wildman–Crippen MR) is 122 cm³/mol. The first-order valence-corrected chi connectivity index (χ1v) is 10.6. The van der Waals surface area contributed by atoms with Gasteiger partial charge in [0.15, 0.2) is 17.3 Å². The summed E-state index contributed by atoms with van der Waals surface area (Å²) in [6.45, 7) is 0.964. The molecule has 0 bridgehead atoms. The topological polar surface area (TPSA) is 81.2 Å². The summed E-state index contributed by atoms with van der Waals surface area (Å²) in [6, 6.07) is 18.1. The molecule has 2 aromatic carbocycles. The van der Waals surface area contributed by atoms with Crippen molar-refractivity contribution in [2.24, 2.45) is 0 Å². The van der Waals surface area contributed by atoms with Gasteiger partial charge in [0.1, 0.15) is 11.2 Å². The van der Waals surface area contributed by atoms with E-state index >= 15 is 0 Å². The van der Waals surface area contributed by atoms with E-state index in [0.717, 1.165) is 54.7 Å². The standard InChI is InChI=1S/C23H17N5O2S/c1-3-15(25-11-14-6-7-18-19(9-14)30-13-29-18)10-16(4-1)28-22-21-20(26-12-27-22)17-5-2-8-24-23(17)31-21/h1-10,12,25H,11,13H2,(H,26,27,28). The number of anilines is 3. The van der Waals surface area contributed by atoms with Crippen LogP contribution >= 0.6 is 11.3 Å². The highest BCUT2D eigenvalue weighted by molar-refractivity contribution is 7.25. The van der Waals surface area contributed by atoms with Crippen molar-refractivity contribution >= 4 is 49.0 Å². The molecule has 152 valence electrons. The lowest BCUT2D eigenvalue weighted by molar-refractivity contribution is 0.174. The van der Waals surface area contributed by atoms with Gasteiger partial charge >= 0.3 is 0 Å². The molecule has 5 aromatic rings. The van der Waals surface area contributed by atoms with E-state index in [0.29, 0.717) is 6.54 Å². The maximum atomic E-state index is 5.46. The number of hydrogen-bond donors (Lipinski definition) is 2. The van der Waals surface area contributed by atoms with Crippen molar-refractivity contribution in [1.82, 2.24) is 15.0 Å². The molecule has 0 saturated carbocycles. The molecule has 0 aliphatic carbocycles. The van der Waals surface area contributed by atoms with Crippen molar-refractivity contribution in [1.29, 1.82) is 0 Å². The van der Waals surface area contributed by atoms with Crippen molar-refractivity contribution in [3.63, 3.8) is 0 Å². The fourth-order valence-corrected chi connectivity index (χ4v) is 4.64. The Morgan fingerprint density at radius 1 is 0.903 bits per heavy atom. The quantitative estimate of drug-likeness (QED) is 0.393. The molecule has 0 unspecified atom stereocenters. The molecule has 6 rings (SSSR count). The summed E-state index contributed by atoms with van der Waals surface area (Å²) in [6.07, 6.45) is 3.39. The molecule has 0 amide bonds. The van der Waals surface area contributed by atoms with Crippen LogP contribution in [0, 0.1) is 0 Å². The minimum absolute atomic E-state index is 0.284. The third-order valence-corrected chi connectivity index (χ3v) is 6.20. The van der Waals surface area contributed by atoms with Crippen molar-refractivity contribution in [3.05, 3.63) is 72.7 Å². The van der Waals surface area contributed by atoms with Crippen LogP contribution in [0.5, 0.6) is 11.5 Å². The molecule has 0 fully saturated rings. The van der Waals surface area contributed by atoms with E-state index in [-0.39, 0.29) is 6.79 Å². The molecule has 0 saturated heterocycles. The largest absolute Gasteiger partial charge is 0.454 e. The number of aromatic nitrogens is 3. The van der Waals surface area contributed by atoms with Crippen LogP contribution in [0.4, 0.5) is 17.2 Å². The zero-order valence-electron chi connectivity index (χ0n) is 16.3. The Bertz CT molecular complexity index is 1420. The summed E-state index contributed by atoms with van der Waals surface area (Å²) >= 11 is 1.59. The Morgan fingerprint density at radius 3 is 2.84 bits per heavy atom. The molecule has 0 atom stereocenters. The maximum Gasteiger partial charge on any atom is 0.231 e. The van der Waals surface area contributed by atoms with Crippen molar-refractivity contribution in [3.8, 4) is 11.5 Å². The summed E-state index contributed by atoms with van der Waals surface area (Å²) in [4.78, 5) is 14.3. The molecular formula is C23H17N5O2S. The second-order valence-corrected chi connectivity index (χ2v) is 8.10. The summed E-state index contributed by atoms with van der Waals surface area (Å²) < 4.78 is 11.8. The van der Waals surface area contributed by atoms with Gasteiger partial charge in [-0.3, -0.25) is 0 Å². The predicted octanol–water partition coefficient (Wildman–Crippen LogP) is 5.32. The van der Waals surface area contributed by atoms with Crippen LogP contribution in [0.25, 0.3) is 20.4 Å². The van der Waals surface area contributed by atoms with E-state index in [1.807, 2.05) is 48.5 Å². The lowest BCUT2D eigenvalue weighted by atomic mass is 10.2. The molecule has 1 aliphatic heterocycles. The minimum atomic E-state index is 0.284. The Hall–Kier alpha value is -3.91. The minimum Gasteiger partial charge on any atom is -0.454 e. The highest BCUT2D eigenvalue weighted by Gasteiger charge is 2.14. The number of fused-ring (bicyclic) bond motifs is 4. The van der Waals surface area contributed by atoms with Gasteiger partial charge < -0.3 is 20.1 Å². The van der Waals surface area contributed by atoms with Gasteiger partial charge in [0.25, 0.3) is 0 Å². The smallest absolute Gasteiger partial charge is 0.231 e. The van der Waals surface area contributed by atoms with Crippen LogP contribution in [-0.4, -0.2) is 21.7 Å². The monoisotopic (exact) mass is 427 g/mol. The first kappa shape index (κ1) is 17.9. The van der Waals surface area contributed by atoms with E-state index < -0.39 is 0 Å². The average molecular weight is 427 g/mol. The Morgan fingerprint density at radius 2 is 1.84 bits per heavy atom. The summed E-state index contributed by atoms with van der Waals surface area (Å²) in [5.41, 5.74) is 3.99. The van der Waals surface area contributed by atoms with Crippen LogP contribution in [-0.2, 0) is 6.54 Å². The van der Waals surface area contributed by atoms with Crippen molar-refractivity contribution in [2.75, 3.05) is 17.4 Å². The molecular weight excluding hydrogens is 410 g/mol. The fourth-order valence-electron chi connectivity index (χ4n) is 3.60. The van der Waals surface area contributed by atoms with E-state index in [1.54, 1.807) is 23.9 Å². The molecule has 31 heavy (non-hydrogen) atoms. The number of thiophene rings is 1. The molecule has 3 aromatic heterocycles. The zero-order valence-corrected chi connectivity index (χ0v) is 17.1. The highest BCUT2D eigenvalue weighted by atomic mass is 32.1. The van der Waals surface area contributed by atoms with Gasteiger partial charge in [0.05, 0.1) is 10.2 Å². The molecule has 8 heteroatoms. The first-order chi connectivity index (χ1) is 15.3. The van der Waals surface area contributed by atoms with Gasteiger partial charge in [-0.2, -0.15) is 0 Å². The molecule has 7 nitrogen and oxygen atoms in total. The van der Waals surface area contributed by atoms with E-state index in [1.165, 1.54) is 0 Å². The number of ether oxygens (including phenoxy) is 2. The van der Waals surface area contributed by atoms with Crippen LogP contribution in [0.3, 0.4) is 0 Å². The van der Waals surface area contributed by atoms with Crippen LogP contribution in [0.15, 0.2) is 67.1 Å². The van der Waals surface area contributed by atoms with Gasteiger partial charge in [0, 0.05) is 29.5 Å². The summed E-state index contributed by atoms with van der Waals surface area (Å²) in [5.74, 6) is 2.36. The van der Waals surface area contributed by atoms with Gasteiger partial charge in [-0.1, -0.05) is 12.1 Å². The van der Waals surface area contributed by atoms with E-state index in [9.17, 15) is 0 Å². The summed E-state index contributed by atoms with van der Waals surface area (Å²) in [5, 5.41) is 7.94. The normalized spacial score (nSPS) is 12.4. The van der Waals surface area contributed by atoms with Crippen LogP contribution in [0.2, 0.25) is 0 Å². The highest BCUT2D eigenvalue weighted by Crippen LogP contribution is 2.36. The van der Waals surface area contributed by atoms with Crippen LogP contribution < -0.4 is 20.1 Å². The molecule has 1 aliphatic rings. The van der Waals surface area contributed by atoms with Gasteiger partial charge in [0.2, 0.25) is 6.79 Å². The van der Waals surface area contributed by atoms with E-state index in [2.05, 4.69) is 31.7 Å². The summed E-state index contributed by atoms with van der Waals surface area (Å²) in [7, 11) is 0. The van der Waals surface area contributed by atoms with Crippen molar-refractivity contribution < 1.29 is 9.47 Å². The number of hydrogen-bond acceptors (Lipinski definition) is 8. The van der Waals surface area contributed by atoms with Gasteiger partial charge in [-0.25, -0.2) is 15.0 Å². The number of pyridine rings is 1. The Balaban J connectivity index is 1.23. The number of nitrogens with one attached hydrogen (secondary N) is 2. The molecule has 0 spiro atoms. The van der Waals surface area contributed by atoms with Gasteiger partial charge in [-0.15, -0.1) is 11.3 Å². The number of rotatable bonds is 5. The Kier molecular flexibility index (Phi) is 4.28. The van der Waals surface area contributed by atoms with Gasteiger partial charge in [-0.05, 0) is 48.0 Å². The van der Waals surface area contributed by atoms with Crippen molar-refractivity contribution in [2.45, 2.75) is 6.54 Å². The lowest BCUT2D eigenvalue weighted by Gasteiger charge is -2.11. The number of benzene rings is 2. The maximum absolute atomic E-state index is 5.46. The number of nitrogens with zero attached hydrogens (tertiary/aromatic N) is 3. The second-order valence-electron chi connectivity index (χ2n) is 7.11. The SMILES string of the molecule is c1cc(NCc2ccc3c(c2)OCO3)cc(Nc2ncnc3c2sc2ncccc23)c1. The Labute approximate surface area is 181 Å². The molecule has 2 N–H and O–H groups in total. The second kappa shape index (κ2) is 7.41. The van der Waals surface area contributed by atoms with E-state index in [4.69, 9.17) is 9.47 Å². The van der Waals surface area contributed by atoms with Crippen LogP contribution in [0.1, 0.15) is 5.56 Å². The fraction of sp³-hybridized carbons (Fsp3) is 0.0870. The third-order valence-electron chi connectivity index (χ3n) is 5.09.